The van der Waals surface area contributed by atoms with Crippen molar-refractivity contribution in [1.29, 1.82) is 0 Å². The number of nitrogen functional groups attached to an aromatic ring is 1. The second kappa shape index (κ2) is 7.58. The Morgan fingerprint density at radius 3 is 2.83 bits per heavy atom. The van der Waals surface area contributed by atoms with Crippen LogP contribution in [-0.4, -0.2) is 53.2 Å². The van der Waals surface area contributed by atoms with Crippen molar-refractivity contribution in [3.8, 4) is 0 Å². The highest BCUT2D eigenvalue weighted by atomic mass is 32.1. The first-order valence-electron chi connectivity index (χ1n) is 5.22. The van der Waals surface area contributed by atoms with Crippen LogP contribution < -0.4 is 16.4 Å². The smallest absolute Gasteiger partial charge is 0.275 e. The van der Waals surface area contributed by atoms with Crippen LogP contribution >= 0.6 is 11.3 Å². The van der Waals surface area contributed by atoms with Gasteiger partial charge in [-0.2, -0.15) is 0 Å². The number of oxime groups is 1. The Morgan fingerprint density at radius 1 is 1.50 bits per heavy atom. The summed E-state index contributed by atoms with van der Waals surface area (Å²) in [6, 6.07) is 0. The molecule has 0 aliphatic heterocycles. The van der Waals surface area contributed by atoms with Crippen molar-refractivity contribution in [2.75, 3.05) is 32.0 Å². The molecule has 8 nitrogen and oxygen atoms in total. The maximum absolute atomic E-state index is 11.7. The second-order valence-electron chi connectivity index (χ2n) is 3.25. The van der Waals surface area contributed by atoms with E-state index in [-0.39, 0.29) is 18.0 Å². The molecule has 0 fully saturated rings. The Labute approximate surface area is 108 Å². The second-order valence-corrected chi connectivity index (χ2v) is 4.14. The molecule has 1 rings (SSSR count). The molecule has 0 aliphatic carbocycles. The molecule has 100 valence electrons. The van der Waals surface area contributed by atoms with Gasteiger partial charge in [0.15, 0.2) is 10.8 Å². The number of aliphatic hydroxyl groups excluding tert-OH is 1. The highest BCUT2D eigenvalue weighted by Gasteiger charge is 2.17. The minimum atomic E-state index is -0.534. The molecule has 0 aromatic carbocycles. The molecule has 0 unspecified atom stereocenters. The summed E-state index contributed by atoms with van der Waals surface area (Å²) in [6.07, 6.45) is 0. The molecule has 9 heteroatoms. The summed E-state index contributed by atoms with van der Waals surface area (Å²) in [5.41, 5.74) is 5.49. The van der Waals surface area contributed by atoms with Crippen LogP contribution in [0.2, 0.25) is 0 Å². The Morgan fingerprint density at radius 2 is 2.28 bits per heavy atom. The number of thiazole rings is 1. The van der Waals surface area contributed by atoms with E-state index in [0.717, 1.165) is 11.3 Å². The number of amides is 1. The molecule has 0 aliphatic rings. The number of nitrogens with one attached hydrogen (secondary N) is 2. The number of hydrogen-bond donors (Lipinski definition) is 5. The fraction of sp³-hybridized carbons (Fsp3) is 0.444. The summed E-state index contributed by atoms with van der Waals surface area (Å²) in [5, 5.41) is 27.5. The number of nitrogens with two attached hydrogens (primary N) is 1. The monoisotopic (exact) mass is 273 g/mol. The average Bonchev–Trinajstić information content (AvgIpc) is 2.76. The molecule has 1 aromatic rings. The van der Waals surface area contributed by atoms with Crippen molar-refractivity contribution in [3.63, 3.8) is 0 Å². The predicted molar refractivity (Wildman–Crippen MR) is 67.8 cm³/mol. The lowest BCUT2D eigenvalue weighted by Gasteiger charge is -2.05. The van der Waals surface area contributed by atoms with Crippen molar-refractivity contribution in [2.24, 2.45) is 5.16 Å². The standard InChI is InChI=1S/C9H15N5O3S/c10-9-13-6(5-18-9)7(14-17)8(16)12-2-1-11-3-4-15/h5,11,15,17H,1-4H2,(H2,10,13)(H,12,16)/b14-7+. The minimum Gasteiger partial charge on any atom is -0.410 e. The summed E-state index contributed by atoms with van der Waals surface area (Å²) in [7, 11) is 0. The molecule has 1 amide bonds. The van der Waals surface area contributed by atoms with E-state index in [0.29, 0.717) is 24.8 Å². The van der Waals surface area contributed by atoms with Crippen LogP contribution in [0.3, 0.4) is 0 Å². The fourth-order valence-corrected chi connectivity index (χ4v) is 1.71. The van der Waals surface area contributed by atoms with E-state index < -0.39 is 5.91 Å². The van der Waals surface area contributed by atoms with Crippen LogP contribution in [0.5, 0.6) is 0 Å². The molecule has 6 N–H and O–H groups in total. The predicted octanol–water partition coefficient (Wildman–Crippen LogP) is -1.40. The van der Waals surface area contributed by atoms with E-state index >= 15 is 0 Å². The van der Waals surface area contributed by atoms with Crippen molar-refractivity contribution in [2.45, 2.75) is 0 Å². The highest BCUT2D eigenvalue weighted by molar-refractivity contribution is 7.13. The van der Waals surface area contributed by atoms with Gasteiger partial charge in [0, 0.05) is 25.0 Å². The maximum atomic E-state index is 11.7. The summed E-state index contributed by atoms with van der Waals surface area (Å²) in [5.74, 6) is -0.534. The van der Waals surface area contributed by atoms with Gasteiger partial charge in [0.25, 0.3) is 5.91 Å². The fourth-order valence-electron chi connectivity index (χ4n) is 1.16. The molecule has 1 aromatic heterocycles. The normalized spacial score (nSPS) is 11.5. The third-order valence-electron chi connectivity index (χ3n) is 1.96. The van der Waals surface area contributed by atoms with Crippen LogP contribution in [0.15, 0.2) is 10.5 Å². The van der Waals surface area contributed by atoms with Gasteiger partial charge in [-0.15, -0.1) is 11.3 Å². The van der Waals surface area contributed by atoms with Gasteiger partial charge in [0.2, 0.25) is 0 Å². The third kappa shape index (κ3) is 4.28. The lowest BCUT2D eigenvalue weighted by molar-refractivity contribution is -0.114. The minimum absolute atomic E-state index is 0.0371. The molecule has 0 radical (unpaired) electrons. The van der Waals surface area contributed by atoms with Gasteiger partial charge in [-0.3, -0.25) is 4.79 Å². The first kappa shape index (κ1) is 14.4. The molecule has 0 spiro atoms. The lowest BCUT2D eigenvalue weighted by Crippen LogP contribution is -2.37. The van der Waals surface area contributed by atoms with Crippen LogP contribution in [0.1, 0.15) is 5.69 Å². The van der Waals surface area contributed by atoms with Gasteiger partial charge >= 0.3 is 0 Å². The number of aliphatic hydroxyl groups is 1. The van der Waals surface area contributed by atoms with E-state index in [1.165, 1.54) is 5.38 Å². The molecule has 0 bridgehead atoms. The first-order valence-corrected chi connectivity index (χ1v) is 6.10. The molecule has 0 saturated heterocycles. The van der Waals surface area contributed by atoms with Gasteiger partial charge < -0.3 is 26.7 Å². The number of rotatable bonds is 7. The van der Waals surface area contributed by atoms with E-state index in [1.807, 2.05) is 0 Å². The third-order valence-corrected chi connectivity index (χ3v) is 2.63. The summed E-state index contributed by atoms with van der Waals surface area (Å²) >= 11 is 1.16. The van der Waals surface area contributed by atoms with Crippen molar-refractivity contribution < 1.29 is 15.1 Å². The number of carbonyl (C=O) groups excluding carboxylic acids is 1. The van der Waals surface area contributed by atoms with Crippen LogP contribution in [0, 0.1) is 0 Å². The number of nitrogens with zero attached hydrogens (tertiary/aromatic N) is 2. The lowest BCUT2D eigenvalue weighted by atomic mass is 10.3. The Hall–Kier alpha value is -1.71. The summed E-state index contributed by atoms with van der Waals surface area (Å²) in [6.45, 7) is 1.34. The Bertz CT molecular complexity index is 420. The van der Waals surface area contributed by atoms with Gasteiger partial charge in [-0.05, 0) is 0 Å². The zero-order chi connectivity index (χ0) is 13.4. The molecular formula is C9H15N5O3S. The topological polar surface area (TPSA) is 133 Å². The SMILES string of the molecule is Nc1nc(/C(=N\O)C(=O)NCCNCCO)cs1. The van der Waals surface area contributed by atoms with Gasteiger partial charge in [-0.25, -0.2) is 4.98 Å². The van der Waals surface area contributed by atoms with Crippen LogP contribution in [-0.2, 0) is 4.79 Å². The molecule has 1 heterocycles. The van der Waals surface area contributed by atoms with Gasteiger partial charge in [-0.1, -0.05) is 5.16 Å². The van der Waals surface area contributed by atoms with Gasteiger partial charge in [0.05, 0.1) is 6.61 Å². The molecule has 18 heavy (non-hydrogen) atoms. The van der Waals surface area contributed by atoms with E-state index in [9.17, 15) is 4.79 Å². The summed E-state index contributed by atoms with van der Waals surface area (Å²) < 4.78 is 0. The van der Waals surface area contributed by atoms with Crippen molar-refractivity contribution in [3.05, 3.63) is 11.1 Å². The molecule has 0 atom stereocenters. The first-order chi connectivity index (χ1) is 8.69. The van der Waals surface area contributed by atoms with E-state index in [1.54, 1.807) is 0 Å². The molecular weight excluding hydrogens is 258 g/mol. The van der Waals surface area contributed by atoms with Crippen LogP contribution in [0.25, 0.3) is 0 Å². The number of anilines is 1. The maximum Gasteiger partial charge on any atom is 0.275 e. The van der Waals surface area contributed by atoms with Crippen molar-refractivity contribution in [1.82, 2.24) is 15.6 Å². The quantitative estimate of drug-likeness (QED) is 0.180. The largest absolute Gasteiger partial charge is 0.410 e. The van der Waals surface area contributed by atoms with E-state index in [2.05, 4.69) is 20.8 Å². The molecule has 0 saturated carbocycles. The highest BCUT2D eigenvalue weighted by Crippen LogP contribution is 2.11. The number of hydrogen-bond acceptors (Lipinski definition) is 8. The van der Waals surface area contributed by atoms with Gasteiger partial charge in [0.1, 0.15) is 5.69 Å². The summed E-state index contributed by atoms with van der Waals surface area (Å²) in [4.78, 5) is 15.5. The average molecular weight is 273 g/mol. The Kier molecular flexibility index (Phi) is 6.05. The number of aromatic nitrogens is 1. The number of carbonyl (C=O) groups is 1. The van der Waals surface area contributed by atoms with Crippen molar-refractivity contribution >= 4 is 28.1 Å². The zero-order valence-corrected chi connectivity index (χ0v) is 10.4. The zero-order valence-electron chi connectivity index (χ0n) is 9.59. The van der Waals surface area contributed by atoms with E-state index in [4.69, 9.17) is 16.0 Å². The Balaban J connectivity index is 2.44. The van der Waals surface area contributed by atoms with Crippen LogP contribution in [0.4, 0.5) is 5.13 Å².